The van der Waals surface area contributed by atoms with Crippen molar-refractivity contribution in [1.29, 1.82) is 0 Å². The highest BCUT2D eigenvalue weighted by molar-refractivity contribution is 9.09. The molecule has 0 saturated heterocycles. The van der Waals surface area contributed by atoms with Crippen LogP contribution in [0.2, 0.25) is 0 Å². The lowest BCUT2D eigenvalue weighted by Crippen LogP contribution is -2.38. The summed E-state index contributed by atoms with van der Waals surface area (Å²) < 4.78 is 0. The van der Waals surface area contributed by atoms with E-state index in [1.165, 1.54) is 4.90 Å². The third-order valence-corrected chi connectivity index (χ3v) is 4.83. The topological polar surface area (TPSA) is 20.3 Å². The lowest BCUT2D eigenvalue weighted by Gasteiger charge is -2.30. The number of fused-ring (bicyclic) bond motifs is 1. The molecule has 0 N–H and O–H groups in total. The first-order valence-electron chi connectivity index (χ1n) is 5.83. The Morgan fingerprint density at radius 2 is 2.12 bits per heavy atom. The van der Waals surface area contributed by atoms with Gasteiger partial charge >= 0.3 is 0 Å². The SMILES string of the molecule is CN1C(=O)C(CCCCBr)Sc2ccccc21. The number of hydrogen-bond acceptors (Lipinski definition) is 2. The molecule has 0 bridgehead atoms. The van der Waals surface area contributed by atoms with Crippen molar-refractivity contribution in [3.8, 4) is 0 Å². The number of halogens is 1. The molecule has 0 saturated carbocycles. The molecule has 0 aromatic heterocycles. The lowest BCUT2D eigenvalue weighted by atomic mass is 10.1. The van der Waals surface area contributed by atoms with Gasteiger partial charge in [-0.05, 0) is 25.0 Å². The van der Waals surface area contributed by atoms with Gasteiger partial charge in [0.1, 0.15) is 0 Å². The van der Waals surface area contributed by atoms with Crippen LogP contribution in [0.4, 0.5) is 5.69 Å². The van der Waals surface area contributed by atoms with E-state index in [1.54, 1.807) is 16.7 Å². The van der Waals surface area contributed by atoms with Crippen LogP contribution in [0.15, 0.2) is 29.2 Å². The second-order valence-corrected chi connectivity index (χ2v) is 6.19. The molecular weight excluding hydrogens is 298 g/mol. The van der Waals surface area contributed by atoms with Crippen molar-refractivity contribution in [3.05, 3.63) is 24.3 Å². The van der Waals surface area contributed by atoms with Crippen molar-refractivity contribution in [1.82, 2.24) is 0 Å². The maximum absolute atomic E-state index is 12.2. The summed E-state index contributed by atoms with van der Waals surface area (Å²) in [6.07, 6.45) is 3.20. The minimum Gasteiger partial charge on any atom is -0.313 e. The van der Waals surface area contributed by atoms with Gasteiger partial charge in [0.25, 0.3) is 0 Å². The van der Waals surface area contributed by atoms with Gasteiger partial charge in [0, 0.05) is 17.3 Å². The van der Waals surface area contributed by atoms with E-state index in [0.29, 0.717) is 0 Å². The normalized spacial score (nSPS) is 19.3. The number of anilines is 1. The van der Waals surface area contributed by atoms with E-state index >= 15 is 0 Å². The van der Waals surface area contributed by atoms with Crippen molar-refractivity contribution < 1.29 is 4.79 Å². The third kappa shape index (κ3) is 2.86. The second-order valence-electron chi connectivity index (χ2n) is 4.16. The van der Waals surface area contributed by atoms with Gasteiger partial charge in [-0.2, -0.15) is 0 Å². The maximum Gasteiger partial charge on any atom is 0.240 e. The zero-order valence-corrected chi connectivity index (χ0v) is 12.3. The average molecular weight is 314 g/mol. The maximum atomic E-state index is 12.2. The van der Waals surface area contributed by atoms with Gasteiger partial charge < -0.3 is 4.90 Å². The molecule has 92 valence electrons. The largest absolute Gasteiger partial charge is 0.313 e. The number of hydrogen-bond donors (Lipinski definition) is 0. The molecular formula is C13H16BrNOS. The summed E-state index contributed by atoms with van der Waals surface area (Å²) in [5, 5.41) is 1.11. The van der Waals surface area contributed by atoms with Crippen molar-refractivity contribution in [2.75, 3.05) is 17.3 Å². The predicted molar refractivity (Wildman–Crippen MR) is 77.1 cm³/mol. The Balaban J connectivity index is 2.11. The summed E-state index contributed by atoms with van der Waals surface area (Å²) in [5.41, 5.74) is 1.04. The molecule has 0 fully saturated rings. The number of amides is 1. The lowest BCUT2D eigenvalue weighted by molar-refractivity contribution is -0.118. The van der Waals surface area contributed by atoms with Crippen molar-refractivity contribution in [2.45, 2.75) is 29.4 Å². The molecule has 1 aliphatic heterocycles. The Bertz CT molecular complexity index is 410. The van der Waals surface area contributed by atoms with Crippen LogP contribution in [0.5, 0.6) is 0 Å². The van der Waals surface area contributed by atoms with E-state index in [1.807, 2.05) is 25.2 Å². The van der Waals surface area contributed by atoms with Gasteiger partial charge in [-0.25, -0.2) is 0 Å². The van der Waals surface area contributed by atoms with Crippen LogP contribution in [-0.4, -0.2) is 23.5 Å². The number of alkyl halides is 1. The highest BCUT2D eigenvalue weighted by atomic mass is 79.9. The summed E-state index contributed by atoms with van der Waals surface area (Å²) in [5.74, 6) is 0.239. The number of nitrogens with zero attached hydrogens (tertiary/aromatic N) is 1. The molecule has 2 nitrogen and oxygen atoms in total. The van der Waals surface area contributed by atoms with E-state index < -0.39 is 0 Å². The summed E-state index contributed by atoms with van der Waals surface area (Å²) in [6.45, 7) is 0. The van der Waals surface area contributed by atoms with E-state index in [-0.39, 0.29) is 11.2 Å². The molecule has 0 aliphatic carbocycles. The Kier molecular flexibility index (Phi) is 4.51. The minimum absolute atomic E-state index is 0.0916. The van der Waals surface area contributed by atoms with E-state index in [4.69, 9.17) is 0 Å². The summed E-state index contributed by atoms with van der Waals surface area (Å²) in [4.78, 5) is 15.2. The zero-order chi connectivity index (χ0) is 12.3. The molecule has 1 aromatic carbocycles. The van der Waals surface area contributed by atoms with Gasteiger partial charge in [-0.3, -0.25) is 4.79 Å². The Hall–Kier alpha value is -0.480. The third-order valence-electron chi connectivity index (χ3n) is 2.95. The molecule has 0 spiro atoms. The first-order valence-corrected chi connectivity index (χ1v) is 7.83. The number of carbonyl (C=O) groups is 1. The fraction of sp³-hybridized carbons (Fsp3) is 0.462. The van der Waals surface area contributed by atoms with E-state index in [2.05, 4.69) is 22.0 Å². The highest BCUT2D eigenvalue weighted by Crippen LogP contribution is 2.39. The Labute approximate surface area is 115 Å². The number of para-hydroxylation sites is 1. The predicted octanol–water partition coefficient (Wildman–Crippen LogP) is 3.69. The number of carbonyl (C=O) groups excluding carboxylic acids is 1. The fourth-order valence-corrected chi connectivity index (χ4v) is 3.71. The van der Waals surface area contributed by atoms with Crippen LogP contribution in [0.1, 0.15) is 19.3 Å². The van der Waals surface area contributed by atoms with E-state index in [0.717, 1.165) is 30.3 Å². The number of rotatable bonds is 4. The van der Waals surface area contributed by atoms with Gasteiger partial charge in [-0.15, -0.1) is 11.8 Å². The molecule has 4 heteroatoms. The molecule has 1 aliphatic rings. The van der Waals surface area contributed by atoms with Crippen LogP contribution in [-0.2, 0) is 4.79 Å². The number of benzene rings is 1. The molecule has 1 atom stereocenters. The molecule has 1 heterocycles. The van der Waals surface area contributed by atoms with Crippen LogP contribution in [0.25, 0.3) is 0 Å². The van der Waals surface area contributed by atoms with Crippen molar-refractivity contribution in [2.24, 2.45) is 0 Å². The first-order chi connectivity index (χ1) is 8.24. The first kappa shape index (κ1) is 13.0. The van der Waals surface area contributed by atoms with Crippen molar-refractivity contribution >= 4 is 39.3 Å². The molecule has 1 amide bonds. The van der Waals surface area contributed by atoms with Gasteiger partial charge in [0.05, 0.1) is 10.9 Å². The number of unbranched alkanes of at least 4 members (excludes halogenated alkanes) is 1. The standard InChI is InChI=1S/C13H16BrNOS/c1-15-10-6-2-3-7-11(10)17-12(13(15)16)8-4-5-9-14/h2-3,6-7,12H,4-5,8-9H2,1H3. The van der Waals surface area contributed by atoms with Crippen LogP contribution < -0.4 is 4.90 Å². The Morgan fingerprint density at radius 1 is 1.35 bits per heavy atom. The monoisotopic (exact) mass is 313 g/mol. The fourth-order valence-electron chi connectivity index (χ4n) is 1.98. The smallest absolute Gasteiger partial charge is 0.240 e. The van der Waals surface area contributed by atoms with Crippen LogP contribution >= 0.6 is 27.7 Å². The van der Waals surface area contributed by atoms with E-state index in [9.17, 15) is 4.79 Å². The van der Waals surface area contributed by atoms with Gasteiger partial charge in [-0.1, -0.05) is 34.5 Å². The summed E-state index contributed by atoms with van der Waals surface area (Å²) >= 11 is 5.14. The van der Waals surface area contributed by atoms with Crippen LogP contribution in [0.3, 0.4) is 0 Å². The molecule has 1 unspecified atom stereocenters. The number of thioether (sulfide) groups is 1. The molecule has 17 heavy (non-hydrogen) atoms. The Morgan fingerprint density at radius 3 is 2.88 bits per heavy atom. The summed E-state index contributed by atoms with van der Waals surface area (Å²) in [7, 11) is 1.87. The highest BCUT2D eigenvalue weighted by Gasteiger charge is 2.30. The second kappa shape index (κ2) is 5.91. The van der Waals surface area contributed by atoms with Gasteiger partial charge in [0.2, 0.25) is 5.91 Å². The molecule has 0 radical (unpaired) electrons. The average Bonchev–Trinajstić information content (AvgIpc) is 2.35. The molecule has 1 aromatic rings. The molecule has 2 rings (SSSR count). The quantitative estimate of drug-likeness (QED) is 0.624. The van der Waals surface area contributed by atoms with Crippen molar-refractivity contribution in [3.63, 3.8) is 0 Å². The summed E-state index contributed by atoms with van der Waals surface area (Å²) in [6, 6.07) is 8.12. The van der Waals surface area contributed by atoms with Gasteiger partial charge in [0.15, 0.2) is 0 Å². The zero-order valence-electron chi connectivity index (χ0n) is 9.86. The van der Waals surface area contributed by atoms with Crippen LogP contribution in [0, 0.1) is 0 Å². The minimum atomic E-state index is 0.0916.